The number of benzene rings is 1. The number of hydrogen-bond acceptors (Lipinski definition) is 7. The lowest BCUT2D eigenvalue weighted by Gasteiger charge is -1.94. The van der Waals surface area contributed by atoms with Crippen molar-refractivity contribution in [3.8, 4) is 0 Å². The van der Waals surface area contributed by atoms with E-state index in [1.165, 1.54) is 0 Å². The van der Waals surface area contributed by atoms with E-state index in [-0.39, 0.29) is 5.95 Å². The first-order chi connectivity index (χ1) is 8.34. The molecule has 1 heterocycles. The minimum atomic E-state index is -0.395. The highest BCUT2D eigenvalue weighted by molar-refractivity contribution is 5.34. The van der Waals surface area contributed by atoms with E-state index < -0.39 is 6.17 Å². The summed E-state index contributed by atoms with van der Waals surface area (Å²) in [5, 5.41) is 28.5. The predicted molar refractivity (Wildman–Crippen MR) is 59.1 cm³/mol. The second kappa shape index (κ2) is 5.54. The number of hydrogen-bond donors (Lipinski definition) is 1. The molecule has 8 heteroatoms. The Balaban J connectivity index is 1.93. The summed E-state index contributed by atoms with van der Waals surface area (Å²) in [5.74, 6) is 0.173. The average molecular weight is 230 g/mol. The number of H-pyrrole nitrogens is 1. The summed E-state index contributed by atoms with van der Waals surface area (Å²) in [6.07, 6.45) is -0.395. The van der Waals surface area contributed by atoms with Gasteiger partial charge in [-0.05, 0) is 24.3 Å². The second-order valence-electron chi connectivity index (χ2n) is 3.11. The lowest BCUT2D eigenvalue weighted by atomic mass is 10.3. The fourth-order valence-electron chi connectivity index (χ4n) is 1.00. The quantitative estimate of drug-likeness (QED) is 0.815. The molecule has 0 bridgehead atoms. The predicted octanol–water partition coefficient (Wildman–Crippen LogP) is 2.41. The summed E-state index contributed by atoms with van der Waals surface area (Å²) in [5.41, 5.74) is 0.772. The van der Waals surface area contributed by atoms with Crippen molar-refractivity contribution in [2.45, 2.75) is 13.1 Å². The van der Waals surface area contributed by atoms with Crippen LogP contribution in [0.2, 0.25) is 0 Å². The van der Waals surface area contributed by atoms with Crippen molar-refractivity contribution in [1.29, 1.82) is 0 Å². The molecule has 0 aliphatic heterocycles. The van der Waals surface area contributed by atoms with Gasteiger partial charge in [-0.3, -0.25) is 0 Å². The smallest absolute Gasteiger partial charge is 0.175 e. The second-order valence-corrected chi connectivity index (χ2v) is 3.11. The summed E-state index contributed by atoms with van der Waals surface area (Å²) in [7, 11) is 0. The third-order valence-electron chi connectivity index (χ3n) is 1.74. The fourth-order valence-corrected chi connectivity index (χ4v) is 1.00. The SMILES string of the molecule is C[C@@H](N=Nc1ccccc1)N=Nc1nn[nH]n1. The molecule has 2 aromatic rings. The Morgan fingerprint density at radius 2 is 1.88 bits per heavy atom. The number of nitrogens with one attached hydrogen (secondary N) is 1. The largest absolute Gasteiger partial charge is 0.307 e. The minimum Gasteiger partial charge on any atom is -0.175 e. The van der Waals surface area contributed by atoms with Crippen LogP contribution in [0.25, 0.3) is 0 Å². The van der Waals surface area contributed by atoms with Gasteiger partial charge in [-0.2, -0.15) is 20.6 Å². The van der Waals surface area contributed by atoms with E-state index in [1.54, 1.807) is 6.92 Å². The van der Waals surface area contributed by atoms with Crippen molar-refractivity contribution >= 4 is 11.6 Å². The lowest BCUT2D eigenvalue weighted by molar-refractivity contribution is 0.700. The van der Waals surface area contributed by atoms with Gasteiger partial charge in [-0.25, -0.2) is 0 Å². The summed E-state index contributed by atoms with van der Waals surface area (Å²) >= 11 is 0. The van der Waals surface area contributed by atoms with Gasteiger partial charge in [-0.15, -0.1) is 10.2 Å². The Kier molecular flexibility index (Phi) is 3.58. The van der Waals surface area contributed by atoms with Crippen LogP contribution in [0.1, 0.15) is 6.92 Å². The first-order valence-electron chi connectivity index (χ1n) is 4.95. The average Bonchev–Trinajstić information content (AvgIpc) is 2.88. The van der Waals surface area contributed by atoms with Crippen LogP contribution in [-0.2, 0) is 0 Å². The molecule has 0 fully saturated rings. The van der Waals surface area contributed by atoms with Crippen LogP contribution >= 0.6 is 0 Å². The highest BCUT2D eigenvalue weighted by Crippen LogP contribution is 2.12. The number of rotatable bonds is 4. The van der Waals surface area contributed by atoms with E-state index >= 15 is 0 Å². The van der Waals surface area contributed by atoms with Crippen molar-refractivity contribution in [1.82, 2.24) is 20.6 Å². The third kappa shape index (κ3) is 3.52. The van der Waals surface area contributed by atoms with Crippen molar-refractivity contribution in [2.24, 2.45) is 20.5 Å². The Morgan fingerprint density at radius 1 is 1.12 bits per heavy atom. The van der Waals surface area contributed by atoms with Gasteiger partial charge >= 0.3 is 5.95 Å². The monoisotopic (exact) mass is 230 g/mol. The molecule has 0 aliphatic carbocycles. The van der Waals surface area contributed by atoms with Gasteiger partial charge in [0.05, 0.1) is 5.69 Å². The molecule has 8 nitrogen and oxygen atoms in total. The molecular formula is C9H10N8. The number of aromatic amines is 1. The van der Waals surface area contributed by atoms with Crippen LogP contribution < -0.4 is 0 Å². The molecule has 17 heavy (non-hydrogen) atoms. The van der Waals surface area contributed by atoms with Gasteiger partial charge in [0.15, 0.2) is 6.17 Å². The normalized spacial score (nSPS) is 13.5. The molecule has 0 saturated heterocycles. The Labute approximate surface area is 96.9 Å². The number of nitrogens with zero attached hydrogens (tertiary/aromatic N) is 7. The minimum absolute atomic E-state index is 0.173. The Bertz CT molecular complexity index is 489. The Morgan fingerprint density at radius 3 is 2.59 bits per heavy atom. The summed E-state index contributed by atoms with van der Waals surface area (Å²) in [6.45, 7) is 1.76. The molecule has 0 unspecified atom stereocenters. The topological polar surface area (TPSA) is 104 Å². The van der Waals surface area contributed by atoms with Gasteiger partial charge in [0.25, 0.3) is 0 Å². The number of aromatic nitrogens is 4. The van der Waals surface area contributed by atoms with Crippen LogP contribution in [0.4, 0.5) is 11.6 Å². The first kappa shape index (κ1) is 11.0. The zero-order chi connectivity index (χ0) is 11.9. The molecular weight excluding hydrogens is 220 g/mol. The van der Waals surface area contributed by atoms with E-state index in [9.17, 15) is 0 Å². The maximum absolute atomic E-state index is 4.01. The molecule has 0 radical (unpaired) electrons. The van der Waals surface area contributed by atoms with Gasteiger partial charge in [0, 0.05) is 0 Å². The molecule has 0 saturated carbocycles. The van der Waals surface area contributed by atoms with Crippen LogP contribution in [0, 0.1) is 0 Å². The Hall–Kier alpha value is -2.51. The van der Waals surface area contributed by atoms with Crippen molar-refractivity contribution in [2.75, 3.05) is 0 Å². The summed E-state index contributed by atoms with van der Waals surface area (Å²) in [4.78, 5) is 0. The van der Waals surface area contributed by atoms with E-state index in [4.69, 9.17) is 0 Å². The molecule has 1 atom stereocenters. The van der Waals surface area contributed by atoms with Crippen LogP contribution in [0.3, 0.4) is 0 Å². The van der Waals surface area contributed by atoms with Gasteiger partial charge in [0.2, 0.25) is 0 Å². The number of tetrazole rings is 1. The van der Waals surface area contributed by atoms with Crippen molar-refractivity contribution in [3.63, 3.8) is 0 Å². The van der Waals surface area contributed by atoms with E-state index in [1.807, 2.05) is 30.3 Å². The summed E-state index contributed by atoms with van der Waals surface area (Å²) in [6, 6.07) is 9.40. The first-order valence-corrected chi connectivity index (χ1v) is 4.95. The zero-order valence-electron chi connectivity index (χ0n) is 9.09. The van der Waals surface area contributed by atoms with Crippen molar-refractivity contribution in [3.05, 3.63) is 30.3 Å². The highest BCUT2D eigenvalue weighted by atomic mass is 15.5. The molecule has 1 aromatic heterocycles. The maximum Gasteiger partial charge on any atom is 0.307 e. The molecule has 86 valence electrons. The third-order valence-corrected chi connectivity index (χ3v) is 1.74. The van der Waals surface area contributed by atoms with E-state index in [0.717, 1.165) is 5.69 Å². The van der Waals surface area contributed by atoms with E-state index in [2.05, 4.69) is 41.1 Å². The highest BCUT2D eigenvalue weighted by Gasteiger charge is 1.97. The molecule has 1 aromatic carbocycles. The maximum atomic E-state index is 4.01. The summed E-state index contributed by atoms with van der Waals surface area (Å²) < 4.78 is 0. The molecule has 0 spiro atoms. The van der Waals surface area contributed by atoms with Gasteiger partial charge in [0.1, 0.15) is 0 Å². The molecule has 0 amide bonds. The molecule has 1 N–H and O–H groups in total. The van der Waals surface area contributed by atoms with Crippen LogP contribution in [0.15, 0.2) is 50.8 Å². The molecule has 2 rings (SSSR count). The van der Waals surface area contributed by atoms with Gasteiger partial charge in [-0.1, -0.05) is 23.3 Å². The van der Waals surface area contributed by atoms with Crippen LogP contribution in [0.5, 0.6) is 0 Å². The van der Waals surface area contributed by atoms with Gasteiger partial charge < -0.3 is 0 Å². The lowest BCUT2D eigenvalue weighted by Crippen LogP contribution is -1.88. The van der Waals surface area contributed by atoms with Crippen molar-refractivity contribution < 1.29 is 0 Å². The fraction of sp³-hybridized carbons (Fsp3) is 0.222. The number of azo groups is 2. The molecule has 0 aliphatic rings. The van der Waals surface area contributed by atoms with E-state index in [0.29, 0.717) is 0 Å². The standard InChI is InChI=1S/C9H10N8/c1-7(11-13-9-14-16-17-15-9)10-12-8-5-3-2-4-6-8/h2-7H,1H3,(H,14,15,16,17)/t7-/m0/s1. The van der Waals surface area contributed by atoms with Crippen LogP contribution in [-0.4, -0.2) is 26.8 Å². The zero-order valence-corrected chi connectivity index (χ0v) is 9.09.